The minimum atomic E-state index is 0.0196. The van der Waals surface area contributed by atoms with Gasteiger partial charge in [0.2, 0.25) is 11.8 Å². The van der Waals surface area contributed by atoms with Gasteiger partial charge in [-0.15, -0.1) is 0 Å². The van der Waals surface area contributed by atoms with Crippen LogP contribution >= 0.6 is 0 Å². The highest BCUT2D eigenvalue weighted by Crippen LogP contribution is 2.09. The number of ketones is 1. The summed E-state index contributed by atoms with van der Waals surface area (Å²) in [5, 5.41) is 0. The molecule has 0 unspecified atom stereocenters. The number of amides is 2. The van der Waals surface area contributed by atoms with Crippen LogP contribution in [0.25, 0.3) is 0 Å². The molecule has 19 heavy (non-hydrogen) atoms. The van der Waals surface area contributed by atoms with Gasteiger partial charge in [0.15, 0.2) is 0 Å². The number of nitrogens with zero attached hydrogens (tertiary/aromatic N) is 2. The van der Waals surface area contributed by atoms with Crippen LogP contribution in [0.2, 0.25) is 0 Å². The molecule has 0 aliphatic carbocycles. The molecule has 1 rings (SSSR count). The fourth-order valence-electron chi connectivity index (χ4n) is 2.12. The fourth-order valence-corrected chi connectivity index (χ4v) is 2.12. The molecule has 108 valence electrons. The third-order valence-corrected chi connectivity index (χ3v) is 3.26. The van der Waals surface area contributed by atoms with Crippen molar-refractivity contribution in [3.8, 4) is 0 Å². The molecule has 0 N–H and O–H groups in total. The lowest BCUT2D eigenvalue weighted by molar-refractivity contribution is -0.140. The Morgan fingerprint density at radius 2 is 1.37 bits per heavy atom. The van der Waals surface area contributed by atoms with Crippen molar-refractivity contribution in [3.05, 3.63) is 0 Å². The topological polar surface area (TPSA) is 57.7 Å². The second kappa shape index (κ2) is 7.26. The molecule has 1 heterocycles. The largest absolute Gasteiger partial charge is 0.339 e. The van der Waals surface area contributed by atoms with Gasteiger partial charge in [0.1, 0.15) is 5.78 Å². The molecule has 5 heteroatoms. The van der Waals surface area contributed by atoms with Gasteiger partial charge in [-0.2, -0.15) is 0 Å². The molecule has 1 aliphatic rings. The molecule has 0 aromatic carbocycles. The molecule has 0 aromatic heterocycles. The Morgan fingerprint density at radius 1 is 0.895 bits per heavy atom. The first-order valence-electron chi connectivity index (χ1n) is 6.95. The first-order chi connectivity index (χ1) is 8.90. The third kappa shape index (κ3) is 5.41. The minimum absolute atomic E-state index is 0.0196. The van der Waals surface area contributed by atoms with Gasteiger partial charge in [-0.1, -0.05) is 13.8 Å². The van der Waals surface area contributed by atoms with Crippen LogP contribution in [0.4, 0.5) is 0 Å². The van der Waals surface area contributed by atoms with E-state index in [2.05, 4.69) is 0 Å². The standard InChI is InChI=1S/C14H24N2O3/c1-11(2)10-14(19)16-8-6-15(7-9-16)13(18)5-4-12(3)17/h11H,4-10H2,1-3H3. The number of hydrogen-bond acceptors (Lipinski definition) is 3. The average molecular weight is 268 g/mol. The van der Waals surface area contributed by atoms with Crippen molar-refractivity contribution >= 4 is 17.6 Å². The molecular formula is C14H24N2O3. The second-order valence-electron chi connectivity index (χ2n) is 5.56. The third-order valence-electron chi connectivity index (χ3n) is 3.26. The van der Waals surface area contributed by atoms with Gasteiger partial charge in [-0.3, -0.25) is 9.59 Å². The summed E-state index contributed by atoms with van der Waals surface area (Å²) >= 11 is 0. The molecule has 0 saturated carbocycles. The van der Waals surface area contributed by atoms with Crippen molar-refractivity contribution in [2.24, 2.45) is 5.92 Å². The average Bonchev–Trinajstić information content (AvgIpc) is 2.35. The predicted octanol–water partition coefficient (Wildman–Crippen LogP) is 1.07. The Bertz CT molecular complexity index is 345. The molecule has 0 spiro atoms. The number of carbonyl (C=O) groups excluding carboxylic acids is 3. The zero-order chi connectivity index (χ0) is 14.4. The summed E-state index contributed by atoms with van der Waals surface area (Å²) in [6, 6.07) is 0. The summed E-state index contributed by atoms with van der Waals surface area (Å²) in [7, 11) is 0. The summed E-state index contributed by atoms with van der Waals surface area (Å²) in [6.07, 6.45) is 1.17. The zero-order valence-corrected chi connectivity index (χ0v) is 12.1. The van der Waals surface area contributed by atoms with Crippen molar-refractivity contribution in [2.45, 2.75) is 40.0 Å². The van der Waals surface area contributed by atoms with Crippen LogP contribution < -0.4 is 0 Å². The Balaban J connectivity index is 2.34. The highest BCUT2D eigenvalue weighted by atomic mass is 16.2. The molecule has 2 amide bonds. The molecule has 0 bridgehead atoms. The fraction of sp³-hybridized carbons (Fsp3) is 0.786. The van der Waals surface area contributed by atoms with E-state index >= 15 is 0 Å². The van der Waals surface area contributed by atoms with Crippen LogP contribution in [0.5, 0.6) is 0 Å². The zero-order valence-electron chi connectivity index (χ0n) is 12.1. The number of Topliss-reactive ketones (excluding diaryl/α,β-unsaturated/α-hetero) is 1. The van der Waals surface area contributed by atoms with Gasteiger partial charge in [0, 0.05) is 45.4 Å². The van der Waals surface area contributed by atoms with E-state index < -0.39 is 0 Å². The van der Waals surface area contributed by atoms with E-state index in [1.54, 1.807) is 4.90 Å². The second-order valence-corrected chi connectivity index (χ2v) is 5.56. The number of piperazine rings is 1. The van der Waals surface area contributed by atoms with E-state index in [1.165, 1.54) is 6.92 Å². The van der Waals surface area contributed by atoms with E-state index in [9.17, 15) is 14.4 Å². The smallest absolute Gasteiger partial charge is 0.223 e. The summed E-state index contributed by atoms with van der Waals surface area (Å²) < 4.78 is 0. The SMILES string of the molecule is CC(=O)CCC(=O)N1CCN(C(=O)CC(C)C)CC1. The summed E-state index contributed by atoms with van der Waals surface area (Å²) in [5.74, 6) is 0.596. The maximum Gasteiger partial charge on any atom is 0.223 e. The Kier molecular flexibility index (Phi) is 5.99. The molecule has 1 aliphatic heterocycles. The minimum Gasteiger partial charge on any atom is -0.339 e. The van der Waals surface area contributed by atoms with Gasteiger partial charge in [0.05, 0.1) is 0 Å². The Morgan fingerprint density at radius 3 is 1.79 bits per heavy atom. The van der Waals surface area contributed by atoms with Crippen LogP contribution in [0.3, 0.4) is 0 Å². The summed E-state index contributed by atoms with van der Waals surface area (Å²) in [6.45, 7) is 7.94. The van der Waals surface area contributed by atoms with Crippen LogP contribution in [-0.2, 0) is 14.4 Å². The van der Waals surface area contributed by atoms with E-state index in [1.807, 2.05) is 18.7 Å². The first kappa shape index (κ1) is 15.7. The van der Waals surface area contributed by atoms with Crippen molar-refractivity contribution in [1.82, 2.24) is 9.80 Å². The Labute approximate surface area is 114 Å². The predicted molar refractivity (Wildman–Crippen MR) is 72.5 cm³/mol. The molecule has 0 atom stereocenters. The molecule has 0 radical (unpaired) electrons. The van der Waals surface area contributed by atoms with Gasteiger partial charge in [-0.25, -0.2) is 0 Å². The van der Waals surface area contributed by atoms with Crippen molar-refractivity contribution in [1.29, 1.82) is 0 Å². The lowest BCUT2D eigenvalue weighted by atomic mass is 10.1. The van der Waals surface area contributed by atoms with Gasteiger partial charge in [-0.05, 0) is 12.8 Å². The van der Waals surface area contributed by atoms with Crippen LogP contribution in [0.15, 0.2) is 0 Å². The van der Waals surface area contributed by atoms with Crippen LogP contribution in [0, 0.1) is 5.92 Å². The molecule has 0 aromatic rings. The van der Waals surface area contributed by atoms with E-state index in [0.717, 1.165) is 0 Å². The van der Waals surface area contributed by atoms with Crippen LogP contribution in [-0.4, -0.2) is 53.6 Å². The molecular weight excluding hydrogens is 244 g/mol. The number of rotatable bonds is 5. The van der Waals surface area contributed by atoms with Crippen molar-refractivity contribution in [2.75, 3.05) is 26.2 Å². The van der Waals surface area contributed by atoms with E-state index in [-0.39, 0.29) is 24.0 Å². The monoisotopic (exact) mass is 268 g/mol. The molecule has 1 fully saturated rings. The normalized spacial score (nSPS) is 15.8. The number of hydrogen-bond donors (Lipinski definition) is 0. The first-order valence-corrected chi connectivity index (χ1v) is 6.95. The van der Waals surface area contributed by atoms with Gasteiger partial charge in [0.25, 0.3) is 0 Å². The highest BCUT2D eigenvalue weighted by molar-refractivity contribution is 5.84. The molecule has 5 nitrogen and oxygen atoms in total. The lowest BCUT2D eigenvalue weighted by Gasteiger charge is -2.35. The quantitative estimate of drug-likeness (QED) is 0.749. The van der Waals surface area contributed by atoms with Gasteiger partial charge >= 0.3 is 0 Å². The number of carbonyl (C=O) groups is 3. The lowest BCUT2D eigenvalue weighted by Crippen LogP contribution is -2.50. The maximum absolute atomic E-state index is 11.9. The van der Waals surface area contributed by atoms with Crippen molar-refractivity contribution in [3.63, 3.8) is 0 Å². The summed E-state index contributed by atoms with van der Waals surface area (Å²) in [5.41, 5.74) is 0. The van der Waals surface area contributed by atoms with Gasteiger partial charge < -0.3 is 14.6 Å². The van der Waals surface area contributed by atoms with Crippen molar-refractivity contribution < 1.29 is 14.4 Å². The summed E-state index contributed by atoms with van der Waals surface area (Å²) in [4.78, 5) is 38.1. The Hall–Kier alpha value is -1.39. The highest BCUT2D eigenvalue weighted by Gasteiger charge is 2.24. The van der Waals surface area contributed by atoms with E-state index in [4.69, 9.17) is 0 Å². The molecule has 1 saturated heterocycles. The van der Waals surface area contributed by atoms with E-state index in [0.29, 0.717) is 44.9 Å². The van der Waals surface area contributed by atoms with Crippen LogP contribution in [0.1, 0.15) is 40.0 Å². The maximum atomic E-state index is 11.9.